The van der Waals surface area contributed by atoms with Gasteiger partial charge in [-0.2, -0.15) is 23.4 Å². The zero-order valence-electron chi connectivity index (χ0n) is 20.3. The summed E-state index contributed by atoms with van der Waals surface area (Å²) >= 11 is 11.7. The second kappa shape index (κ2) is 10.7. The molecule has 3 N–H and O–H groups in total. The van der Waals surface area contributed by atoms with Gasteiger partial charge in [0.1, 0.15) is 42.1 Å². The molecule has 1 saturated heterocycles. The number of aryl methyl sites for hydroxylation is 1. The van der Waals surface area contributed by atoms with Crippen LogP contribution in [-0.4, -0.2) is 69.8 Å². The molecule has 1 aromatic carbocycles. The van der Waals surface area contributed by atoms with E-state index in [1.807, 2.05) is 0 Å². The van der Waals surface area contributed by atoms with Gasteiger partial charge in [-0.05, 0) is 25.1 Å². The Labute approximate surface area is 233 Å². The van der Waals surface area contributed by atoms with Crippen LogP contribution < -0.4 is 0 Å². The second-order valence-electron chi connectivity index (χ2n) is 9.03. The van der Waals surface area contributed by atoms with Crippen LogP contribution in [0, 0.1) is 12.7 Å². The Balaban J connectivity index is 1.58. The third-order valence-corrected chi connectivity index (χ3v) is 6.90. The van der Waals surface area contributed by atoms with E-state index in [4.69, 9.17) is 27.9 Å². The second-order valence-corrected chi connectivity index (χ2v) is 9.87. The summed E-state index contributed by atoms with van der Waals surface area (Å²) in [6, 6.07) is 2.71. The van der Waals surface area contributed by atoms with Crippen LogP contribution in [-0.2, 0) is 10.9 Å². The average Bonchev–Trinajstić information content (AvgIpc) is 3.52. The number of aliphatic hydroxyl groups excluding tert-OH is 3. The van der Waals surface area contributed by atoms with Crippen LogP contribution in [0.15, 0.2) is 42.9 Å². The molecule has 3 aromatic heterocycles. The van der Waals surface area contributed by atoms with Crippen LogP contribution in [0.25, 0.3) is 16.9 Å². The van der Waals surface area contributed by atoms with Gasteiger partial charge in [-0.25, -0.2) is 14.1 Å². The number of hydrogen-bond donors (Lipinski definition) is 3. The highest BCUT2D eigenvalue weighted by molar-refractivity contribution is 6.31. The van der Waals surface area contributed by atoms with Crippen LogP contribution in [0.2, 0.25) is 10.0 Å². The van der Waals surface area contributed by atoms with Crippen molar-refractivity contribution >= 4 is 23.2 Å². The monoisotopic (exact) mass is 602 g/mol. The van der Waals surface area contributed by atoms with Crippen molar-refractivity contribution in [3.63, 3.8) is 0 Å². The molecule has 1 fully saturated rings. The Bertz CT molecular complexity index is 1550. The molecule has 0 saturated carbocycles. The first-order chi connectivity index (χ1) is 18.9. The molecule has 40 heavy (non-hydrogen) atoms. The number of aliphatic hydroxyl groups is 3. The number of pyridine rings is 1. The van der Waals surface area contributed by atoms with Gasteiger partial charge >= 0.3 is 6.18 Å². The standard InChI is InChI=1S/C24H20Cl2F4N6O4/c1-10-33-23(36(34-10)17-4-12(25)2-3-13(17)24(28,29)30)22-21(39)19(20(38)18(9-37)40-22)35-8-11(6-32-35)16-5-15(27)14(26)7-31-16/h2-8,18-22,37-39H,9H2,1H3/t18?,19-,20-,21?,22+/m0/s1. The highest BCUT2D eigenvalue weighted by Gasteiger charge is 2.48. The molecule has 0 radical (unpaired) electrons. The number of hydrogen-bond acceptors (Lipinski definition) is 8. The summed E-state index contributed by atoms with van der Waals surface area (Å²) < 4.78 is 63.3. The minimum atomic E-state index is -4.78. The molecule has 0 amide bonds. The Hall–Kier alpha value is -3.14. The van der Waals surface area contributed by atoms with Gasteiger partial charge in [-0.1, -0.05) is 23.2 Å². The van der Waals surface area contributed by atoms with E-state index in [0.29, 0.717) is 5.56 Å². The molecule has 1 aliphatic heterocycles. The number of alkyl halides is 3. The van der Waals surface area contributed by atoms with Gasteiger partial charge in [0.25, 0.3) is 0 Å². The fourth-order valence-electron chi connectivity index (χ4n) is 4.55. The maximum atomic E-state index is 14.0. The fourth-order valence-corrected chi connectivity index (χ4v) is 4.82. The molecule has 0 aliphatic carbocycles. The van der Waals surface area contributed by atoms with E-state index in [1.165, 1.54) is 24.0 Å². The molecule has 0 bridgehead atoms. The van der Waals surface area contributed by atoms with E-state index in [1.54, 1.807) is 0 Å². The SMILES string of the molecule is Cc1nc([C@@H]2OC(CO)[C@H](O)[C@H](n3cc(-c4cc(F)c(Cl)cn4)cn3)C2O)n(-c2cc(Cl)ccc2C(F)(F)F)n1. The molecule has 5 rings (SSSR count). The molecule has 212 valence electrons. The van der Waals surface area contributed by atoms with Crippen molar-refractivity contribution in [3.05, 3.63) is 75.9 Å². The van der Waals surface area contributed by atoms with Crippen molar-refractivity contribution in [2.24, 2.45) is 0 Å². The Morgan fingerprint density at radius 1 is 1.10 bits per heavy atom. The summed E-state index contributed by atoms with van der Waals surface area (Å²) in [6.45, 7) is 0.720. The number of benzene rings is 1. The van der Waals surface area contributed by atoms with Gasteiger partial charge in [0, 0.05) is 29.0 Å². The van der Waals surface area contributed by atoms with E-state index < -0.39 is 60.3 Å². The molecular formula is C24H20Cl2F4N6O4. The minimum Gasteiger partial charge on any atom is -0.394 e. The minimum absolute atomic E-state index is 0.00920. The molecule has 0 spiro atoms. The summed E-state index contributed by atoms with van der Waals surface area (Å²) in [7, 11) is 0. The Morgan fingerprint density at radius 2 is 1.85 bits per heavy atom. The van der Waals surface area contributed by atoms with E-state index in [9.17, 15) is 32.9 Å². The van der Waals surface area contributed by atoms with Gasteiger partial charge in [0.05, 0.1) is 34.8 Å². The normalized spacial score (nSPS) is 23.5. The molecule has 10 nitrogen and oxygen atoms in total. The number of aromatic nitrogens is 6. The van der Waals surface area contributed by atoms with E-state index in [-0.39, 0.29) is 27.4 Å². The maximum absolute atomic E-state index is 14.0. The van der Waals surface area contributed by atoms with E-state index >= 15 is 0 Å². The number of nitrogens with zero attached hydrogens (tertiary/aromatic N) is 6. The van der Waals surface area contributed by atoms with Gasteiger partial charge in [0.2, 0.25) is 0 Å². The Morgan fingerprint density at radius 3 is 2.52 bits per heavy atom. The highest BCUT2D eigenvalue weighted by atomic mass is 35.5. The quantitative estimate of drug-likeness (QED) is 0.295. The van der Waals surface area contributed by atoms with Crippen molar-refractivity contribution in [2.45, 2.75) is 43.6 Å². The van der Waals surface area contributed by atoms with Crippen molar-refractivity contribution < 1.29 is 37.6 Å². The predicted molar refractivity (Wildman–Crippen MR) is 132 cm³/mol. The lowest BCUT2D eigenvalue weighted by atomic mass is 9.92. The lowest BCUT2D eigenvalue weighted by Gasteiger charge is -2.42. The molecule has 16 heteroatoms. The van der Waals surface area contributed by atoms with Gasteiger partial charge in [0.15, 0.2) is 5.82 Å². The van der Waals surface area contributed by atoms with E-state index in [2.05, 4.69) is 20.2 Å². The van der Waals surface area contributed by atoms with E-state index in [0.717, 1.165) is 35.1 Å². The van der Waals surface area contributed by atoms with Gasteiger partial charge < -0.3 is 20.1 Å². The first-order valence-electron chi connectivity index (χ1n) is 11.7. The molecule has 5 atom stereocenters. The first-order valence-corrected chi connectivity index (χ1v) is 12.4. The topological polar surface area (TPSA) is 131 Å². The number of halogens is 6. The maximum Gasteiger partial charge on any atom is 0.418 e. The van der Waals surface area contributed by atoms with Crippen LogP contribution in [0.3, 0.4) is 0 Å². The third kappa shape index (κ3) is 5.18. The summed E-state index contributed by atoms with van der Waals surface area (Å²) in [5, 5.41) is 40.3. The predicted octanol–water partition coefficient (Wildman–Crippen LogP) is 3.69. The van der Waals surface area contributed by atoms with Crippen LogP contribution >= 0.6 is 23.2 Å². The largest absolute Gasteiger partial charge is 0.418 e. The molecule has 1 aliphatic rings. The zero-order valence-corrected chi connectivity index (χ0v) is 21.8. The first kappa shape index (κ1) is 28.4. The zero-order chi connectivity index (χ0) is 28.9. The van der Waals surface area contributed by atoms with Crippen molar-refractivity contribution in [1.82, 2.24) is 29.5 Å². The molecular weight excluding hydrogens is 583 g/mol. The molecule has 2 unspecified atom stereocenters. The molecule has 4 aromatic rings. The third-order valence-electron chi connectivity index (χ3n) is 6.39. The average molecular weight is 603 g/mol. The lowest BCUT2D eigenvalue weighted by molar-refractivity contribution is -0.210. The fraction of sp³-hybridized carbons (Fsp3) is 0.333. The van der Waals surface area contributed by atoms with Gasteiger partial charge in [-0.3, -0.25) is 9.67 Å². The van der Waals surface area contributed by atoms with Crippen LogP contribution in [0.5, 0.6) is 0 Å². The van der Waals surface area contributed by atoms with Gasteiger partial charge in [-0.15, -0.1) is 0 Å². The van der Waals surface area contributed by atoms with Crippen LogP contribution in [0.1, 0.15) is 29.4 Å². The van der Waals surface area contributed by atoms with Crippen molar-refractivity contribution in [3.8, 4) is 16.9 Å². The van der Waals surface area contributed by atoms with Crippen LogP contribution in [0.4, 0.5) is 17.6 Å². The molecule has 4 heterocycles. The summed E-state index contributed by atoms with van der Waals surface area (Å²) in [5.74, 6) is -0.902. The highest BCUT2D eigenvalue weighted by Crippen LogP contribution is 2.41. The van der Waals surface area contributed by atoms with Crippen molar-refractivity contribution in [1.29, 1.82) is 0 Å². The smallest absolute Gasteiger partial charge is 0.394 e. The summed E-state index contributed by atoms with van der Waals surface area (Å²) in [4.78, 5) is 8.25. The lowest BCUT2D eigenvalue weighted by Crippen LogP contribution is -2.53. The summed E-state index contributed by atoms with van der Waals surface area (Å²) in [6.07, 6.45) is -6.95. The summed E-state index contributed by atoms with van der Waals surface area (Å²) in [5.41, 5.74) is -1.06. The van der Waals surface area contributed by atoms with Crippen molar-refractivity contribution in [2.75, 3.05) is 6.61 Å². The number of rotatable bonds is 5. The number of ether oxygens (including phenoxy) is 1. The Kier molecular flexibility index (Phi) is 7.58.